The molecule has 1 fully saturated rings. The van der Waals surface area contributed by atoms with Crippen molar-refractivity contribution in [2.45, 2.75) is 28.9 Å². The van der Waals surface area contributed by atoms with Crippen LogP contribution in [0, 0.1) is 11.7 Å². The van der Waals surface area contributed by atoms with E-state index in [4.69, 9.17) is 14.5 Å². The molecule has 0 amide bonds. The van der Waals surface area contributed by atoms with Gasteiger partial charge in [0.15, 0.2) is 9.84 Å². The number of halogens is 1. The van der Waals surface area contributed by atoms with E-state index in [0.29, 0.717) is 48.0 Å². The van der Waals surface area contributed by atoms with E-state index in [1.807, 2.05) is 17.7 Å². The third-order valence-corrected chi connectivity index (χ3v) is 9.15. The minimum Gasteiger partial charge on any atom is -0.480 e. The Bertz CT molecular complexity index is 1970. The molecular formula is C27H31B3FN7O4S. The molecule has 0 aromatic carbocycles. The molecule has 43 heavy (non-hydrogen) atoms. The summed E-state index contributed by atoms with van der Waals surface area (Å²) in [6.07, 6.45) is 6.97. The Balaban J connectivity index is 1.80. The van der Waals surface area contributed by atoms with Crippen molar-refractivity contribution in [2.24, 2.45) is 13.0 Å². The normalized spacial score (nSPS) is 15.7. The van der Waals surface area contributed by atoms with Crippen LogP contribution in [0.3, 0.4) is 0 Å². The van der Waals surface area contributed by atoms with E-state index < -0.39 is 21.7 Å². The van der Waals surface area contributed by atoms with E-state index in [1.54, 1.807) is 23.1 Å². The SMILES string of the molecule is BC(B)(B)c1nnn(C)c1-c1cnc2c3c(OC)ncc(S(C)(=O)=O)c3n(C(c3ncccc3F)C3CCOCC3)c2c1. The molecule has 0 saturated carbocycles. The zero-order valence-electron chi connectivity index (χ0n) is 25.0. The van der Waals surface area contributed by atoms with E-state index in [0.717, 1.165) is 23.2 Å². The Hall–Kier alpha value is -3.78. The fourth-order valence-corrected chi connectivity index (χ4v) is 6.90. The summed E-state index contributed by atoms with van der Waals surface area (Å²) in [4.78, 5) is 13.8. The Morgan fingerprint density at radius 2 is 1.91 bits per heavy atom. The molecule has 0 bridgehead atoms. The molecule has 220 valence electrons. The molecule has 1 saturated heterocycles. The van der Waals surface area contributed by atoms with Gasteiger partial charge in [-0.3, -0.25) is 9.97 Å². The molecule has 6 rings (SSSR count). The van der Waals surface area contributed by atoms with Gasteiger partial charge >= 0.3 is 0 Å². The number of ether oxygens (including phenoxy) is 2. The smallest absolute Gasteiger partial charge is 0.224 e. The average Bonchev–Trinajstić information content (AvgIpc) is 3.52. The van der Waals surface area contributed by atoms with Gasteiger partial charge < -0.3 is 14.0 Å². The summed E-state index contributed by atoms with van der Waals surface area (Å²) in [5.41, 5.74) is 3.92. The molecular weight excluding hydrogens is 570 g/mol. The van der Waals surface area contributed by atoms with Gasteiger partial charge in [-0.15, -0.1) is 5.10 Å². The lowest BCUT2D eigenvalue weighted by atomic mass is 9.41. The summed E-state index contributed by atoms with van der Waals surface area (Å²) in [5.74, 6) is -0.377. The lowest BCUT2D eigenvalue weighted by Crippen LogP contribution is -2.29. The molecule has 5 aromatic heterocycles. The molecule has 5 aromatic rings. The van der Waals surface area contributed by atoms with Gasteiger partial charge in [0.05, 0.1) is 76.4 Å². The molecule has 6 heterocycles. The second-order valence-electron chi connectivity index (χ2n) is 12.0. The molecule has 1 atom stereocenters. The summed E-state index contributed by atoms with van der Waals surface area (Å²) < 4.78 is 57.2. The molecule has 0 radical (unpaired) electrons. The van der Waals surface area contributed by atoms with E-state index >= 15 is 4.39 Å². The average molecular weight is 601 g/mol. The number of sulfone groups is 1. The summed E-state index contributed by atoms with van der Waals surface area (Å²) in [5, 5.41) is 8.86. The number of methoxy groups -OCH3 is 1. The summed E-state index contributed by atoms with van der Waals surface area (Å²) >= 11 is 0. The Morgan fingerprint density at radius 1 is 1.16 bits per heavy atom. The van der Waals surface area contributed by atoms with Crippen molar-refractivity contribution >= 4 is 55.3 Å². The molecule has 0 spiro atoms. The fraction of sp³-hybridized carbons (Fsp3) is 0.370. The zero-order chi connectivity index (χ0) is 30.7. The number of aryl methyl sites for hydroxylation is 1. The first kappa shape index (κ1) is 29.3. The van der Waals surface area contributed by atoms with E-state index in [1.165, 1.54) is 19.4 Å². The van der Waals surface area contributed by atoms with Crippen molar-refractivity contribution < 1.29 is 22.3 Å². The monoisotopic (exact) mass is 601 g/mol. The second kappa shape index (κ2) is 10.7. The van der Waals surface area contributed by atoms with Crippen LogP contribution in [0.15, 0.2) is 41.7 Å². The van der Waals surface area contributed by atoms with Gasteiger partial charge in [0.1, 0.15) is 16.2 Å². The van der Waals surface area contributed by atoms with Crippen LogP contribution >= 0.6 is 0 Å². The van der Waals surface area contributed by atoms with Gasteiger partial charge in [-0.1, -0.05) is 10.3 Å². The summed E-state index contributed by atoms with van der Waals surface area (Å²) in [6.45, 7) is 0.991. The predicted octanol–water partition coefficient (Wildman–Crippen LogP) is 0.352. The van der Waals surface area contributed by atoms with Gasteiger partial charge in [0.2, 0.25) is 5.88 Å². The number of pyridine rings is 3. The highest BCUT2D eigenvalue weighted by Gasteiger charge is 2.36. The highest BCUT2D eigenvalue weighted by molar-refractivity contribution is 7.91. The van der Waals surface area contributed by atoms with Crippen LogP contribution < -0.4 is 4.74 Å². The molecule has 16 heteroatoms. The number of rotatable bonds is 7. The van der Waals surface area contributed by atoms with Crippen LogP contribution in [-0.4, -0.2) is 93.0 Å². The van der Waals surface area contributed by atoms with Crippen molar-refractivity contribution in [2.75, 3.05) is 26.6 Å². The van der Waals surface area contributed by atoms with E-state index in [2.05, 4.69) is 43.8 Å². The van der Waals surface area contributed by atoms with Crippen LogP contribution in [0.25, 0.3) is 33.2 Å². The Kier molecular flexibility index (Phi) is 7.32. The number of hydrogen-bond donors (Lipinski definition) is 0. The third-order valence-electron chi connectivity index (χ3n) is 8.05. The number of aromatic nitrogens is 7. The van der Waals surface area contributed by atoms with Crippen molar-refractivity contribution in [1.29, 1.82) is 0 Å². The molecule has 0 aliphatic carbocycles. The maximum Gasteiger partial charge on any atom is 0.224 e. The lowest BCUT2D eigenvalue weighted by molar-refractivity contribution is 0.0542. The number of nitrogens with zero attached hydrogens (tertiary/aromatic N) is 7. The van der Waals surface area contributed by atoms with Gasteiger partial charge in [-0.25, -0.2) is 22.5 Å². The van der Waals surface area contributed by atoms with Gasteiger partial charge in [0.25, 0.3) is 0 Å². The van der Waals surface area contributed by atoms with Gasteiger partial charge in [0, 0.05) is 44.5 Å². The van der Waals surface area contributed by atoms with Crippen LogP contribution in [-0.2, 0) is 26.7 Å². The standard InChI is InChI=1S/C27H31B3FN7O4S/c1-37-23(25(35-36-37)27(28,29)30)15-11-17-21(33-12-15)19-24(18(43(3,39)40)13-34-26(19)41-2)38(17)22(14-6-9-42-10-7-14)20-16(31)5-4-8-32-20/h4-5,8,11-14,22H,6-7,9-10,28-30H2,1-3H3. The minimum atomic E-state index is -3.80. The number of hydrogen-bond acceptors (Lipinski definition) is 9. The second-order valence-corrected chi connectivity index (χ2v) is 14.0. The van der Waals surface area contributed by atoms with E-state index in [-0.39, 0.29) is 27.5 Å². The number of fused-ring (bicyclic) bond motifs is 3. The molecule has 1 unspecified atom stereocenters. The van der Waals surface area contributed by atoms with Gasteiger partial charge in [-0.05, 0) is 37.0 Å². The summed E-state index contributed by atoms with van der Waals surface area (Å²) in [6, 6.07) is 4.18. The van der Waals surface area contributed by atoms with Crippen molar-refractivity contribution in [3.8, 4) is 17.1 Å². The topological polar surface area (TPSA) is 127 Å². The van der Waals surface area contributed by atoms with Gasteiger partial charge in [-0.2, -0.15) is 0 Å². The molecule has 11 nitrogen and oxygen atoms in total. The first-order valence-corrected chi connectivity index (χ1v) is 16.0. The fourth-order valence-electron chi connectivity index (χ4n) is 6.10. The Labute approximate surface area is 251 Å². The lowest BCUT2D eigenvalue weighted by Gasteiger charge is -2.32. The maximum absolute atomic E-state index is 15.7. The van der Waals surface area contributed by atoms with Crippen LogP contribution in [0.5, 0.6) is 5.88 Å². The molecule has 1 aliphatic heterocycles. The van der Waals surface area contributed by atoms with Crippen LogP contribution in [0.2, 0.25) is 0 Å². The predicted molar refractivity (Wildman–Crippen MR) is 168 cm³/mol. The minimum absolute atomic E-state index is 0.00571. The zero-order valence-corrected chi connectivity index (χ0v) is 25.8. The largest absolute Gasteiger partial charge is 0.480 e. The Morgan fingerprint density at radius 3 is 2.56 bits per heavy atom. The van der Waals surface area contributed by atoms with Crippen molar-refractivity contribution in [3.63, 3.8) is 0 Å². The molecule has 0 N–H and O–H groups in total. The van der Waals surface area contributed by atoms with Crippen molar-refractivity contribution in [3.05, 3.63) is 54.0 Å². The van der Waals surface area contributed by atoms with Crippen LogP contribution in [0.1, 0.15) is 30.3 Å². The first-order valence-electron chi connectivity index (χ1n) is 14.1. The van der Waals surface area contributed by atoms with Crippen LogP contribution in [0.4, 0.5) is 4.39 Å². The summed E-state index contributed by atoms with van der Waals surface area (Å²) in [7, 11) is 5.68. The third kappa shape index (κ3) is 4.99. The molecule has 1 aliphatic rings. The first-order chi connectivity index (χ1) is 20.4. The maximum atomic E-state index is 15.7. The highest BCUT2D eigenvalue weighted by atomic mass is 32.2. The van der Waals surface area contributed by atoms with Crippen molar-refractivity contribution in [1.82, 2.24) is 34.5 Å². The van der Waals surface area contributed by atoms with E-state index in [9.17, 15) is 8.42 Å². The quantitative estimate of drug-likeness (QED) is 0.243. The highest BCUT2D eigenvalue weighted by Crippen LogP contribution is 2.45.